The normalized spacial score (nSPS) is 10.8. The van der Waals surface area contributed by atoms with Gasteiger partial charge in [-0.25, -0.2) is 0 Å². The van der Waals surface area contributed by atoms with Gasteiger partial charge < -0.3 is 20.9 Å². The second-order valence-electron chi connectivity index (χ2n) is 5.49. The van der Waals surface area contributed by atoms with E-state index in [0.717, 1.165) is 0 Å². The monoisotopic (exact) mass is 496 g/mol. The highest BCUT2D eigenvalue weighted by atomic mass is 35.5. The van der Waals surface area contributed by atoms with Gasteiger partial charge in [0.15, 0.2) is 11.5 Å². The Hall–Kier alpha value is -1.40. The highest BCUT2D eigenvalue weighted by Gasteiger charge is 2.18. The standard InChI is InChI=1S/C18H10Cl6N2O2/c19-9-5-11(25)15(23)17(13(9)21)27-7-2-1-3-8(4-7)28-18-14(22)10(20)6-12(26)16(18)24/h1-6H,25-26H2. The summed E-state index contributed by atoms with van der Waals surface area (Å²) in [6.07, 6.45) is 0. The van der Waals surface area contributed by atoms with Crippen molar-refractivity contribution < 1.29 is 9.47 Å². The molecule has 4 N–H and O–H groups in total. The zero-order valence-corrected chi connectivity index (χ0v) is 18.2. The molecule has 0 fully saturated rings. The summed E-state index contributed by atoms with van der Waals surface area (Å²) in [7, 11) is 0. The Labute approximate surface area is 190 Å². The summed E-state index contributed by atoms with van der Waals surface area (Å²) >= 11 is 36.8. The van der Waals surface area contributed by atoms with Crippen LogP contribution in [0.25, 0.3) is 0 Å². The summed E-state index contributed by atoms with van der Waals surface area (Å²) in [4.78, 5) is 0. The summed E-state index contributed by atoms with van der Waals surface area (Å²) in [5.41, 5.74) is 12.1. The lowest BCUT2D eigenvalue weighted by atomic mass is 10.2. The molecule has 0 amide bonds. The van der Waals surface area contributed by atoms with Gasteiger partial charge in [0.05, 0.1) is 21.4 Å². The highest BCUT2D eigenvalue weighted by Crippen LogP contribution is 2.46. The molecule has 3 aromatic carbocycles. The minimum atomic E-state index is 0.119. The molecule has 10 heteroatoms. The third kappa shape index (κ3) is 4.28. The Bertz CT molecular complexity index is 941. The summed E-state index contributed by atoms with van der Waals surface area (Å²) in [5, 5.41) is 0.934. The Morgan fingerprint density at radius 2 is 0.964 bits per heavy atom. The lowest BCUT2D eigenvalue weighted by Gasteiger charge is -2.15. The molecule has 0 saturated heterocycles. The van der Waals surface area contributed by atoms with Gasteiger partial charge in [-0.05, 0) is 24.3 Å². The van der Waals surface area contributed by atoms with Crippen molar-refractivity contribution in [2.75, 3.05) is 11.5 Å². The number of anilines is 2. The first kappa shape index (κ1) is 21.3. The second kappa shape index (κ2) is 8.54. The number of benzene rings is 3. The molecule has 28 heavy (non-hydrogen) atoms. The molecule has 146 valence electrons. The van der Waals surface area contributed by atoms with Crippen molar-refractivity contribution in [3.63, 3.8) is 0 Å². The van der Waals surface area contributed by atoms with E-state index in [1.807, 2.05) is 0 Å². The molecular formula is C18H10Cl6N2O2. The van der Waals surface area contributed by atoms with Crippen LogP contribution in [0, 0.1) is 0 Å². The SMILES string of the molecule is Nc1cc(Cl)c(Cl)c(Oc2cccc(Oc3c(Cl)c(N)cc(Cl)c3Cl)c2)c1Cl. The fraction of sp³-hybridized carbons (Fsp3) is 0. The Morgan fingerprint density at radius 1 is 0.571 bits per heavy atom. The van der Waals surface area contributed by atoms with Crippen LogP contribution in [0.2, 0.25) is 30.1 Å². The molecular weight excluding hydrogens is 489 g/mol. The van der Waals surface area contributed by atoms with E-state index in [1.54, 1.807) is 24.3 Å². The quantitative estimate of drug-likeness (QED) is 0.280. The molecule has 0 heterocycles. The first-order valence-electron chi connectivity index (χ1n) is 7.50. The third-order valence-electron chi connectivity index (χ3n) is 3.53. The van der Waals surface area contributed by atoms with Gasteiger partial charge in [-0.15, -0.1) is 0 Å². The van der Waals surface area contributed by atoms with Gasteiger partial charge in [0.25, 0.3) is 0 Å². The predicted molar refractivity (Wildman–Crippen MR) is 118 cm³/mol. The van der Waals surface area contributed by atoms with Gasteiger partial charge in [0.1, 0.15) is 31.6 Å². The summed E-state index contributed by atoms with van der Waals surface area (Å²) in [5.74, 6) is 0.942. The average molecular weight is 499 g/mol. The summed E-state index contributed by atoms with van der Waals surface area (Å²) in [6.45, 7) is 0. The maximum atomic E-state index is 6.18. The molecule has 0 aliphatic carbocycles. The lowest BCUT2D eigenvalue weighted by Crippen LogP contribution is -1.94. The van der Waals surface area contributed by atoms with Gasteiger partial charge in [0.2, 0.25) is 0 Å². The number of halogens is 6. The van der Waals surface area contributed by atoms with E-state index in [0.29, 0.717) is 11.5 Å². The lowest BCUT2D eigenvalue weighted by molar-refractivity contribution is 0.461. The van der Waals surface area contributed by atoms with Crippen LogP contribution in [0.3, 0.4) is 0 Å². The first-order chi connectivity index (χ1) is 13.2. The number of nitrogen functional groups attached to an aromatic ring is 2. The van der Waals surface area contributed by atoms with Crippen LogP contribution in [0.15, 0.2) is 36.4 Å². The molecule has 0 unspecified atom stereocenters. The molecule has 0 spiro atoms. The van der Waals surface area contributed by atoms with Crippen molar-refractivity contribution in [1.82, 2.24) is 0 Å². The molecule has 0 aliphatic heterocycles. The minimum absolute atomic E-state index is 0.119. The van der Waals surface area contributed by atoms with Crippen LogP contribution >= 0.6 is 69.6 Å². The third-order valence-corrected chi connectivity index (χ3v) is 5.85. The van der Waals surface area contributed by atoms with Crippen LogP contribution in [-0.2, 0) is 0 Å². The van der Waals surface area contributed by atoms with E-state index in [-0.39, 0.29) is 53.0 Å². The van der Waals surface area contributed by atoms with Crippen LogP contribution < -0.4 is 20.9 Å². The second-order valence-corrected chi connectivity index (χ2v) is 7.81. The van der Waals surface area contributed by atoms with Crippen LogP contribution in [0.5, 0.6) is 23.0 Å². The predicted octanol–water partition coefficient (Wildman–Crippen LogP) is 8.36. The number of hydrogen-bond acceptors (Lipinski definition) is 4. The molecule has 0 aliphatic rings. The van der Waals surface area contributed by atoms with Crippen molar-refractivity contribution in [3.8, 4) is 23.0 Å². The molecule has 0 aromatic heterocycles. The smallest absolute Gasteiger partial charge is 0.168 e. The van der Waals surface area contributed by atoms with E-state index in [4.69, 9.17) is 90.5 Å². The van der Waals surface area contributed by atoms with Crippen molar-refractivity contribution in [1.29, 1.82) is 0 Å². The summed E-state index contributed by atoms with van der Waals surface area (Å²) < 4.78 is 11.5. The molecule has 0 radical (unpaired) electrons. The average Bonchev–Trinajstić information content (AvgIpc) is 2.66. The molecule has 0 bridgehead atoms. The first-order valence-corrected chi connectivity index (χ1v) is 9.77. The zero-order valence-electron chi connectivity index (χ0n) is 13.7. The molecule has 4 nitrogen and oxygen atoms in total. The maximum absolute atomic E-state index is 6.18. The van der Waals surface area contributed by atoms with E-state index in [9.17, 15) is 0 Å². The van der Waals surface area contributed by atoms with Gasteiger partial charge in [-0.1, -0.05) is 75.7 Å². The van der Waals surface area contributed by atoms with Gasteiger partial charge >= 0.3 is 0 Å². The van der Waals surface area contributed by atoms with Crippen molar-refractivity contribution in [3.05, 3.63) is 66.5 Å². The Morgan fingerprint density at radius 3 is 1.36 bits per heavy atom. The highest BCUT2D eigenvalue weighted by molar-refractivity contribution is 6.46. The molecule has 0 atom stereocenters. The maximum Gasteiger partial charge on any atom is 0.168 e. The van der Waals surface area contributed by atoms with Crippen LogP contribution in [-0.4, -0.2) is 0 Å². The number of nitrogens with two attached hydrogens (primary N) is 2. The zero-order chi connectivity index (χ0) is 20.6. The van der Waals surface area contributed by atoms with E-state index in [2.05, 4.69) is 0 Å². The fourth-order valence-electron chi connectivity index (χ4n) is 2.21. The van der Waals surface area contributed by atoms with Crippen molar-refractivity contribution in [2.24, 2.45) is 0 Å². The molecule has 3 rings (SSSR count). The van der Waals surface area contributed by atoms with Crippen molar-refractivity contribution >= 4 is 81.0 Å². The topological polar surface area (TPSA) is 70.5 Å². The van der Waals surface area contributed by atoms with E-state index < -0.39 is 0 Å². The van der Waals surface area contributed by atoms with Crippen LogP contribution in [0.1, 0.15) is 0 Å². The molecule has 3 aromatic rings. The van der Waals surface area contributed by atoms with Crippen LogP contribution in [0.4, 0.5) is 11.4 Å². The Balaban J connectivity index is 1.96. The fourth-order valence-corrected chi connectivity index (χ4v) is 3.47. The van der Waals surface area contributed by atoms with Gasteiger partial charge in [-0.3, -0.25) is 0 Å². The number of ether oxygens (including phenoxy) is 2. The van der Waals surface area contributed by atoms with E-state index >= 15 is 0 Å². The van der Waals surface area contributed by atoms with Crippen molar-refractivity contribution in [2.45, 2.75) is 0 Å². The number of rotatable bonds is 4. The van der Waals surface area contributed by atoms with Gasteiger partial charge in [-0.2, -0.15) is 0 Å². The number of hydrogen-bond donors (Lipinski definition) is 2. The largest absolute Gasteiger partial charge is 0.454 e. The Kier molecular flexibility index (Phi) is 6.50. The summed E-state index contributed by atoms with van der Waals surface area (Å²) in [6, 6.07) is 9.43. The minimum Gasteiger partial charge on any atom is -0.454 e. The van der Waals surface area contributed by atoms with Gasteiger partial charge in [0, 0.05) is 6.07 Å². The van der Waals surface area contributed by atoms with E-state index in [1.165, 1.54) is 12.1 Å². The molecule has 0 saturated carbocycles.